The molecule has 10 heteroatoms. The summed E-state index contributed by atoms with van der Waals surface area (Å²) in [4.78, 5) is 14.4. The lowest BCUT2D eigenvalue weighted by Crippen LogP contribution is -2.14. The van der Waals surface area contributed by atoms with Crippen LogP contribution in [-0.4, -0.2) is 34.7 Å². The molecule has 0 radical (unpaired) electrons. The Labute approximate surface area is 135 Å². The number of hydrogen-bond acceptors (Lipinski definition) is 7. The molecule has 1 aromatic carbocycles. The monoisotopic (exact) mass is 349 g/mol. The van der Waals surface area contributed by atoms with Crippen LogP contribution in [0.5, 0.6) is 5.75 Å². The van der Waals surface area contributed by atoms with E-state index in [1.165, 1.54) is 12.3 Å². The van der Waals surface area contributed by atoms with Crippen molar-refractivity contribution in [2.24, 2.45) is 0 Å². The number of anilines is 1. The lowest BCUT2D eigenvalue weighted by molar-refractivity contribution is 0.0696. The molecule has 0 bridgehead atoms. The lowest BCUT2D eigenvalue weighted by atomic mass is 10.2. The zero-order chi connectivity index (χ0) is 17.5. The second kappa shape index (κ2) is 5.49. The van der Waals surface area contributed by atoms with Gasteiger partial charge in [0.25, 0.3) is 15.7 Å². The molecule has 9 nitrogen and oxygen atoms in total. The van der Waals surface area contributed by atoms with Crippen LogP contribution in [0.2, 0.25) is 0 Å². The molecular formula is C14H11N3O6S. The van der Waals surface area contributed by atoms with Gasteiger partial charge in [-0.15, -0.1) is 0 Å². The molecule has 0 saturated carbocycles. The molecule has 0 spiro atoms. The number of nitrogens with one attached hydrogen (secondary N) is 1. The molecule has 0 atom stereocenters. The van der Waals surface area contributed by atoms with Crippen LogP contribution in [0.15, 0.2) is 39.9 Å². The Hall–Kier alpha value is -3.14. The minimum absolute atomic E-state index is 0.119. The maximum Gasteiger partial charge on any atom is 0.335 e. The summed E-state index contributed by atoms with van der Waals surface area (Å²) in [5, 5.41) is 23.0. The number of nitrogens with zero attached hydrogens (tertiary/aromatic N) is 2. The van der Waals surface area contributed by atoms with Gasteiger partial charge in [0.2, 0.25) is 0 Å². The lowest BCUT2D eigenvalue weighted by Gasteiger charge is -2.10. The van der Waals surface area contributed by atoms with E-state index < -0.39 is 26.6 Å². The van der Waals surface area contributed by atoms with Crippen LogP contribution >= 0.6 is 0 Å². The molecule has 24 heavy (non-hydrogen) atoms. The molecule has 3 aromatic rings. The van der Waals surface area contributed by atoms with Crippen molar-refractivity contribution in [1.82, 2.24) is 10.1 Å². The third-order valence-electron chi connectivity index (χ3n) is 3.26. The van der Waals surface area contributed by atoms with Gasteiger partial charge in [-0.3, -0.25) is 4.72 Å². The van der Waals surface area contributed by atoms with Crippen LogP contribution < -0.4 is 4.72 Å². The average molecular weight is 349 g/mol. The normalized spacial score (nSPS) is 11.5. The number of carboxylic acids is 1. The van der Waals surface area contributed by atoms with Gasteiger partial charge < -0.3 is 14.7 Å². The maximum absolute atomic E-state index is 12.4. The molecule has 0 saturated heterocycles. The number of aromatic nitrogens is 2. The first-order valence-corrected chi connectivity index (χ1v) is 8.07. The highest BCUT2D eigenvalue weighted by molar-refractivity contribution is 7.92. The van der Waals surface area contributed by atoms with Crippen molar-refractivity contribution in [3.8, 4) is 5.75 Å². The maximum atomic E-state index is 12.4. The van der Waals surface area contributed by atoms with Gasteiger partial charge in [0.1, 0.15) is 10.6 Å². The number of sulfonamides is 1. The van der Waals surface area contributed by atoms with Gasteiger partial charge in [-0.1, -0.05) is 5.16 Å². The smallest absolute Gasteiger partial charge is 0.335 e. The second-order valence-corrected chi connectivity index (χ2v) is 6.59. The summed E-state index contributed by atoms with van der Waals surface area (Å²) in [5.41, 5.74) is 0.644. The van der Waals surface area contributed by atoms with E-state index in [1.54, 1.807) is 6.92 Å². The Kier molecular flexibility index (Phi) is 3.60. The average Bonchev–Trinajstić information content (AvgIpc) is 2.88. The van der Waals surface area contributed by atoms with Crippen molar-refractivity contribution in [2.45, 2.75) is 11.8 Å². The topological polar surface area (TPSA) is 143 Å². The van der Waals surface area contributed by atoms with Gasteiger partial charge in [0, 0.05) is 0 Å². The van der Waals surface area contributed by atoms with Gasteiger partial charge >= 0.3 is 5.97 Å². The van der Waals surface area contributed by atoms with E-state index >= 15 is 0 Å². The van der Waals surface area contributed by atoms with E-state index in [4.69, 9.17) is 9.63 Å². The van der Waals surface area contributed by atoms with Gasteiger partial charge in [-0.2, -0.15) is 0 Å². The van der Waals surface area contributed by atoms with Crippen LogP contribution in [-0.2, 0) is 10.0 Å². The fraction of sp³-hybridized carbons (Fsp3) is 0.0714. The Morgan fingerprint density at radius 1 is 1.29 bits per heavy atom. The van der Waals surface area contributed by atoms with E-state index in [1.807, 2.05) is 0 Å². The number of rotatable bonds is 4. The molecule has 0 fully saturated rings. The van der Waals surface area contributed by atoms with Crippen LogP contribution in [0.1, 0.15) is 16.1 Å². The zero-order valence-electron chi connectivity index (χ0n) is 12.2. The number of benzene rings is 1. The third kappa shape index (κ3) is 2.74. The van der Waals surface area contributed by atoms with E-state index in [9.17, 15) is 18.3 Å². The molecule has 3 N–H and O–H groups in total. The number of aromatic hydroxyl groups is 1. The molecular weight excluding hydrogens is 338 g/mol. The first-order chi connectivity index (χ1) is 11.3. The first kappa shape index (κ1) is 15.7. The molecule has 2 aromatic heterocycles. The number of aromatic carboxylic acids is 1. The van der Waals surface area contributed by atoms with E-state index in [0.717, 1.165) is 18.2 Å². The molecule has 0 aliphatic rings. The molecule has 0 unspecified atom stereocenters. The number of aryl methyl sites for hydroxylation is 1. The minimum Gasteiger partial charge on any atom is -0.507 e. The molecule has 2 heterocycles. The van der Waals surface area contributed by atoms with Gasteiger partial charge in [0.15, 0.2) is 0 Å². The summed E-state index contributed by atoms with van der Waals surface area (Å²) in [6.45, 7) is 1.67. The Balaban J connectivity index is 2.02. The zero-order valence-corrected chi connectivity index (χ0v) is 13.0. The summed E-state index contributed by atoms with van der Waals surface area (Å²) in [6, 6.07) is 4.45. The van der Waals surface area contributed by atoms with Crippen molar-refractivity contribution < 1.29 is 27.9 Å². The van der Waals surface area contributed by atoms with Gasteiger partial charge in [-0.05, 0) is 31.2 Å². The van der Waals surface area contributed by atoms with Crippen molar-refractivity contribution in [3.05, 3.63) is 41.7 Å². The summed E-state index contributed by atoms with van der Waals surface area (Å²) in [6.07, 6.45) is 1.22. The second-order valence-electron chi connectivity index (χ2n) is 4.94. The largest absolute Gasteiger partial charge is 0.507 e. The molecule has 0 aliphatic carbocycles. The number of carbonyl (C=O) groups is 1. The van der Waals surface area contributed by atoms with Gasteiger partial charge in [-0.25, -0.2) is 18.2 Å². The molecule has 3 rings (SSSR count). The van der Waals surface area contributed by atoms with Crippen LogP contribution in [0.4, 0.5) is 5.69 Å². The SMILES string of the molecule is Cc1noc2ncc(NS(=O)(=O)c3cc(C(=O)O)ccc3O)cc12. The Morgan fingerprint density at radius 2 is 2.04 bits per heavy atom. The van der Waals surface area contributed by atoms with E-state index in [2.05, 4.69) is 14.9 Å². The van der Waals surface area contributed by atoms with Crippen LogP contribution in [0.25, 0.3) is 11.1 Å². The number of carboxylic acid groups (broad SMARTS) is 1. The molecule has 124 valence electrons. The molecule has 0 aliphatic heterocycles. The Bertz CT molecular complexity index is 1060. The summed E-state index contributed by atoms with van der Waals surface area (Å²) >= 11 is 0. The van der Waals surface area contributed by atoms with Crippen molar-refractivity contribution in [3.63, 3.8) is 0 Å². The predicted octanol–water partition coefficient (Wildman–Crippen LogP) is 1.74. The fourth-order valence-corrected chi connectivity index (χ4v) is 3.23. The first-order valence-electron chi connectivity index (χ1n) is 6.59. The number of phenols is 1. The third-order valence-corrected chi connectivity index (χ3v) is 4.67. The van der Waals surface area contributed by atoms with Crippen molar-refractivity contribution in [2.75, 3.05) is 4.72 Å². The minimum atomic E-state index is -4.22. The Morgan fingerprint density at radius 3 is 2.75 bits per heavy atom. The quantitative estimate of drug-likeness (QED) is 0.646. The standard InChI is InChI=1S/C14H11N3O6S/c1-7-10-5-9(6-15-13(10)23-16-7)17-24(21,22)12-4-8(14(19)20)2-3-11(12)18/h2-6,17-18H,1H3,(H,19,20). The van der Waals surface area contributed by atoms with E-state index in [0.29, 0.717) is 11.1 Å². The van der Waals surface area contributed by atoms with Crippen molar-refractivity contribution >= 4 is 32.8 Å². The summed E-state index contributed by atoms with van der Waals surface area (Å²) < 4.78 is 32.0. The number of hydrogen-bond donors (Lipinski definition) is 3. The summed E-state index contributed by atoms with van der Waals surface area (Å²) in [7, 11) is -4.22. The van der Waals surface area contributed by atoms with Crippen LogP contribution in [0, 0.1) is 6.92 Å². The summed E-state index contributed by atoms with van der Waals surface area (Å²) in [5.74, 6) is -1.88. The van der Waals surface area contributed by atoms with E-state index in [-0.39, 0.29) is 17.0 Å². The number of phenolic OH excluding ortho intramolecular Hbond substituents is 1. The molecule has 0 amide bonds. The predicted molar refractivity (Wildman–Crippen MR) is 82.4 cm³/mol. The number of pyridine rings is 1. The highest BCUT2D eigenvalue weighted by atomic mass is 32.2. The van der Waals surface area contributed by atoms with Crippen molar-refractivity contribution in [1.29, 1.82) is 0 Å². The highest BCUT2D eigenvalue weighted by Crippen LogP contribution is 2.27. The number of fused-ring (bicyclic) bond motifs is 1. The van der Waals surface area contributed by atoms with Crippen LogP contribution in [0.3, 0.4) is 0 Å². The van der Waals surface area contributed by atoms with Gasteiger partial charge in [0.05, 0.1) is 28.5 Å². The highest BCUT2D eigenvalue weighted by Gasteiger charge is 2.21. The fourth-order valence-electron chi connectivity index (χ4n) is 2.07.